The van der Waals surface area contributed by atoms with E-state index >= 15 is 0 Å². The Morgan fingerprint density at radius 2 is 2.03 bits per heavy atom. The van der Waals surface area contributed by atoms with Crippen LogP contribution in [0.25, 0.3) is 10.2 Å². The first-order valence-electron chi connectivity index (χ1n) is 10.2. The van der Waals surface area contributed by atoms with Crippen molar-refractivity contribution in [2.75, 3.05) is 44.0 Å². The zero-order valence-corrected chi connectivity index (χ0v) is 19.1. The van der Waals surface area contributed by atoms with Crippen molar-refractivity contribution in [2.45, 2.75) is 27.3 Å². The molecule has 1 aromatic carbocycles. The van der Waals surface area contributed by atoms with Gasteiger partial charge in [0.15, 0.2) is 0 Å². The van der Waals surface area contributed by atoms with Gasteiger partial charge in [-0.1, -0.05) is 0 Å². The van der Waals surface area contributed by atoms with Crippen molar-refractivity contribution in [3.63, 3.8) is 0 Å². The molecule has 9 heteroatoms. The minimum atomic E-state index is -0.156. The Hall–Kier alpha value is -2.75. The number of anilines is 3. The summed E-state index contributed by atoms with van der Waals surface area (Å²) in [4.78, 5) is 25.8. The van der Waals surface area contributed by atoms with E-state index in [0.717, 1.165) is 53.8 Å². The summed E-state index contributed by atoms with van der Waals surface area (Å²) < 4.78 is 10.8. The van der Waals surface area contributed by atoms with Gasteiger partial charge in [0.25, 0.3) is 0 Å². The number of benzene rings is 1. The number of fused-ring (bicyclic) bond motifs is 1. The van der Waals surface area contributed by atoms with Crippen LogP contribution in [-0.4, -0.2) is 54.2 Å². The van der Waals surface area contributed by atoms with Gasteiger partial charge in [0.1, 0.15) is 22.2 Å². The van der Waals surface area contributed by atoms with Crippen LogP contribution in [0.3, 0.4) is 0 Å². The van der Waals surface area contributed by atoms with Crippen LogP contribution in [0.15, 0.2) is 18.2 Å². The topological polar surface area (TPSA) is 88.6 Å². The standard InChI is InChI=1S/C22H27N5O3S/c1-13-14(2)31-22-20(13)21(25-19(26-22)12-27-7-9-30-10-8-27)24-16-5-6-18(29-4)17(11-16)23-15(3)28/h5-6,11H,7-10,12H2,1-4H3,(H,23,28)(H,24,25,26). The summed E-state index contributed by atoms with van der Waals surface area (Å²) in [7, 11) is 1.58. The maximum absolute atomic E-state index is 11.6. The zero-order valence-electron chi connectivity index (χ0n) is 18.2. The van der Waals surface area contributed by atoms with Crippen LogP contribution in [0.4, 0.5) is 17.2 Å². The van der Waals surface area contributed by atoms with E-state index in [4.69, 9.17) is 19.4 Å². The molecule has 0 spiro atoms. The number of methoxy groups -OCH3 is 1. The highest BCUT2D eigenvalue weighted by molar-refractivity contribution is 7.18. The molecule has 0 saturated carbocycles. The van der Waals surface area contributed by atoms with Crippen molar-refractivity contribution in [3.05, 3.63) is 34.5 Å². The molecule has 164 valence electrons. The molecule has 3 heterocycles. The molecule has 1 aliphatic rings. The first-order chi connectivity index (χ1) is 14.9. The fourth-order valence-electron chi connectivity index (χ4n) is 3.62. The van der Waals surface area contributed by atoms with Crippen LogP contribution in [-0.2, 0) is 16.1 Å². The van der Waals surface area contributed by atoms with Crippen LogP contribution < -0.4 is 15.4 Å². The van der Waals surface area contributed by atoms with E-state index in [0.29, 0.717) is 18.0 Å². The van der Waals surface area contributed by atoms with Crippen LogP contribution >= 0.6 is 11.3 Å². The molecule has 1 amide bonds. The van der Waals surface area contributed by atoms with E-state index < -0.39 is 0 Å². The molecule has 1 fully saturated rings. The molecule has 0 unspecified atom stereocenters. The highest BCUT2D eigenvalue weighted by Crippen LogP contribution is 2.36. The van der Waals surface area contributed by atoms with Gasteiger partial charge in [0.2, 0.25) is 5.91 Å². The molecule has 0 radical (unpaired) electrons. The molecule has 1 saturated heterocycles. The number of carbonyl (C=O) groups excluding carboxylic acids is 1. The number of thiophene rings is 1. The lowest BCUT2D eigenvalue weighted by Crippen LogP contribution is -2.36. The number of aryl methyl sites for hydroxylation is 2. The van der Waals surface area contributed by atoms with Gasteiger partial charge in [-0.15, -0.1) is 11.3 Å². The second kappa shape index (κ2) is 9.17. The second-order valence-corrected chi connectivity index (χ2v) is 8.76. The first kappa shape index (κ1) is 21.5. The maximum atomic E-state index is 11.6. The molecule has 0 bridgehead atoms. The minimum absolute atomic E-state index is 0.156. The molecule has 2 aromatic heterocycles. The number of ether oxygens (including phenoxy) is 2. The number of hydrogen-bond donors (Lipinski definition) is 2. The van der Waals surface area contributed by atoms with Crippen molar-refractivity contribution >= 4 is 44.7 Å². The van der Waals surface area contributed by atoms with Gasteiger partial charge in [-0.25, -0.2) is 9.97 Å². The monoisotopic (exact) mass is 441 g/mol. The Morgan fingerprint density at radius 3 is 2.74 bits per heavy atom. The van der Waals surface area contributed by atoms with Crippen molar-refractivity contribution in [1.29, 1.82) is 0 Å². The highest BCUT2D eigenvalue weighted by atomic mass is 32.1. The lowest BCUT2D eigenvalue weighted by atomic mass is 10.2. The quantitative estimate of drug-likeness (QED) is 0.601. The van der Waals surface area contributed by atoms with Crippen LogP contribution in [0.5, 0.6) is 5.75 Å². The van der Waals surface area contributed by atoms with Gasteiger partial charge < -0.3 is 20.1 Å². The van der Waals surface area contributed by atoms with Crippen molar-refractivity contribution in [1.82, 2.24) is 14.9 Å². The molecule has 0 aliphatic carbocycles. The van der Waals surface area contributed by atoms with Gasteiger partial charge in [0.05, 0.1) is 37.9 Å². The minimum Gasteiger partial charge on any atom is -0.495 e. The Labute approximate surface area is 185 Å². The molecule has 3 aromatic rings. The Balaban J connectivity index is 1.71. The van der Waals surface area contributed by atoms with Crippen LogP contribution in [0.1, 0.15) is 23.2 Å². The molecule has 31 heavy (non-hydrogen) atoms. The zero-order chi connectivity index (χ0) is 22.0. The molecular formula is C22H27N5O3S. The van der Waals surface area contributed by atoms with Gasteiger partial charge in [-0.05, 0) is 37.6 Å². The van der Waals surface area contributed by atoms with E-state index in [2.05, 4.69) is 29.4 Å². The van der Waals surface area contributed by atoms with Crippen molar-refractivity contribution < 1.29 is 14.3 Å². The predicted molar refractivity (Wildman–Crippen MR) is 124 cm³/mol. The average molecular weight is 442 g/mol. The Morgan fingerprint density at radius 1 is 1.26 bits per heavy atom. The molecule has 4 rings (SSSR count). The third kappa shape index (κ3) is 4.79. The number of nitrogens with zero attached hydrogens (tertiary/aromatic N) is 3. The second-order valence-electron chi connectivity index (χ2n) is 7.56. The number of aromatic nitrogens is 2. The lowest BCUT2D eigenvalue weighted by molar-refractivity contribution is -0.114. The summed E-state index contributed by atoms with van der Waals surface area (Å²) in [6, 6.07) is 5.59. The molecular weight excluding hydrogens is 414 g/mol. The van der Waals surface area contributed by atoms with Gasteiger partial charge in [-0.2, -0.15) is 0 Å². The fourth-order valence-corrected chi connectivity index (χ4v) is 4.67. The Kier molecular flexibility index (Phi) is 6.35. The SMILES string of the molecule is COc1ccc(Nc2nc(CN3CCOCC3)nc3sc(C)c(C)c23)cc1NC(C)=O. The number of amides is 1. The van der Waals surface area contributed by atoms with E-state index in [1.165, 1.54) is 17.4 Å². The summed E-state index contributed by atoms with van der Waals surface area (Å²) in [6.45, 7) is 9.60. The summed E-state index contributed by atoms with van der Waals surface area (Å²) in [6.07, 6.45) is 0. The summed E-state index contributed by atoms with van der Waals surface area (Å²) in [5.74, 6) is 2.00. The summed E-state index contributed by atoms with van der Waals surface area (Å²) in [5, 5.41) is 7.30. The third-order valence-corrected chi connectivity index (χ3v) is 6.42. The van der Waals surface area contributed by atoms with Crippen molar-refractivity contribution in [2.24, 2.45) is 0 Å². The summed E-state index contributed by atoms with van der Waals surface area (Å²) >= 11 is 1.69. The highest BCUT2D eigenvalue weighted by Gasteiger charge is 2.18. The number of rotatable bonds is 6. The average Bonchev–Trinajstić information content (AvgIpc) is 3.02. The molecule has 8 nitrogen and oxygen atoms in total. The first-order valence-corrected chi connectivity index (χ1v) is 11.1. The third-order valence-electron chi connectivity index (χ3n) is 5.32. The van der Waals surface area contributed by atoms with E-state index in [9.17, 15) is 4.79 Å². The Bertz CT molecular complexity index is 1110. The molecule has 2 N–H and O–H groups in total. The number of nitrogens with one attached hydrogen (secondary N) is 2. The smallest absolute Gasteiger partial charge is 0.221 e. The number of morpholine rings is 1. The predicted octanol–water partition coefficient (Wildman–Crippen LogP) is 3.85. The number of carbonyl (C=O) groups is 1. The molecule has 0 atom stereocenters. The van der Waals surface area contributed by atoms with Gasteiger partial charge in [0, 0.05) is 30.6 Å². The van der Waals surface area contributed by atoms with Crippen LogP contribution in [0, 0.1) is 13.8 Å². The molecule has 1 aliphatic heterocycles. The number of hydrogen-bond acceptors (Lipinski definition) is 8. The maximum Gasteiger partial charge on any atom is 0.221 e. The van der Waals surface area contributed by atoms with Gasteiger partial charge >= 0.3 is 0 Å². The fraction of sp³-hybridized carbons (Fsp3) is 0.409. The largest absolute Gasteiger partial charge is 0.495 e. The normalized spacial score (nSPS) is 14.6. The van der Waals surface area contributed by atoms with E-state index in [1.807, 2.05) is 18.2 Å². The van der Waals surface area contributed by atoms with Gasteiger partial charge in [-0.3, -0.25) is 9.69 Å². The van der Waals surface area contributed by atoms with E-state index in [1.54, 1.807) is 18.4 Å². The van der Waals surface area contributed by atoms with E-state index in [-0.39, 0.29) is 5.91 Å². The summed E-state index contributed by atoms with van der Waals surface area (Å²) in [5.41, 5.74) is 2.60. The van der Waals surface area contributed by atoms with Crippen molar-refractivity contribution in [3.8, 4) is 5.75 Å². The lowest BCUT2D eigenvalue weighted by Gasteiger charge is -2.25. The van der Waals surface area contributed by atoms with Crippen LogP contribution in [0.2, 0.25) is 0 Å².